The number of ether oxygens (including phenoxy) is 1. The van der Waals surface area contributed by atoms with Crippen molar-refractivity contribution in [1.82, 2.24) is 0 Å². The van der Waals surface area contributed by atoms with E-state index < -0.39 is 4.92 Å². The van der Waals surface area contributed by atoms with E-state index in [0.717, 1.165) is 10.0 Å². The normalized spacial score (nSPS) is 10.1. The molecule has 0 saturated carbocycles. The number of nitro groups is 1. The van der Waals surface area contributed by atoms with Crippen molar-refractivity contribution in [2.75, 3.05) is 12.4 Å². The molecular formula is C14H13BrN2O3. The number of hydrogen-bond donors (Lipinski definition) is 1. The Morgan fingerprint density at radius 3 is 2.55 bits per heavy atom. The lowest BCUT2D eigenvalue weighted by Crippen LogP contribution is -2.04. The van der Waals surface area contributed by atoms with Crippen LogP contribution in [-0.2, 0) is 6.61 Å². The molecule has 0 fully saturated rings. The largest absolute Gasteiger partial charge is 0.489 e. The molecule has 0 aromatic heterocycles. The minimum absolute atomic E-state index is 0.0457. The first kappa shape index (κ1) is 14.3. The Bertz CT molecular complexity index is 614. The quantitative estimate of drug-likeness (QED) is 0.662. The molecule has 0 unspecified atom stereocenters. The highest BCUT2D eigenvalue weighted by Gasteiger charge is 2.16. The molecule has 0 aliphatic heterocycles. The summed E-state index contributed by atoms with van der Waals surface area (Å²) in [7, 11) is 1.66. The molecule has 0 radical (unpaired) electrons. The Labute approximate surface area is 124 Å². The van der Waals surface area contributed by atoms with E-state index in [4.69, 9.17) is 4.74 Å². The van der Waals surface area contributed by atoms with Gasteiger partial charge in [-0.2, -0.15) is 0 Å². The van der Waals surface area contributed by atoms with Crippen LogP contribution in [0.25, 0.3) is 0 Å². The van der Waals surface area contributed by atoms with E-state index in [0.29, 0.717) is 11.4 Å². The zero-order valence-electron chi connectivity index (χ0n) is 10.8. The number of rotatable bonds is 5. The molecule has 0 aliphatic carbocycles. The van der Waals surface area contributed by atoms with Crippen LogP contribution in [0, 0.1) is 10.1 Å². The molecule has 0 heterocycles. The summed E-state index contributed by atoms with van der Waals surface area (Å²) in [6.07, 6.45) is 0. The van der Waals surface area contributed by atoms with E-state index in [-0.39, 0.29) is 12.3 Å². The van der Waals surface area contributed by atoms with Gasteiger partial charge in [-0.15, -0.1) is 0 Å². The van der Waals surface area contributed by atoms with E-state index in [2.05, 4.69) is 21.2 Å². The highest BCUT2D eigenvalue weighted by Crippen LogP contribution is 2.28. The smallest absolute Gasteiger partial charge is 0.292 e. The van der Waals surface area contributed by atoms with Gasteiger partial charge in [0.2, 0.25) is 0 Å². The van der Waals surface area contributed by atoms with Crippen molar-refractivity contribution in [2.24, 2.45) is 0 Å². The molecule has 0 saturated heterocycles. The molecule has 0 bridgehead atoms. The predicted octanol–water partition coefficient (Wildman–Crippen LogP) is 3.98. The second kappa shape index (κ2) is 6.38. The van der Waals surface area contributed by atoms with E-state index >= 15 is 0 Å². The van der Waals surface area contributed by atoms with E-state index in [1.165, 1.54) is 6.07 Å². The van der Waals surface area contributed by atoms with Crippen LogP contribution in [0.15, 0.2) is 46.9 Å². The van der Waals surface area contributed by atoms with Gasteiger partial charge >= 0.3 is 0 Å². The third-order valence-corrected chi connectivity index (χ3v) is 3.31. The molecular weight excluding hydrogens is 324 g/mol. The van der Waals surface area contributed by atoms with Crippen LogP contribution in [0.1, 0.15) is 5.56 Å². The maximum absolute atomic E-state index is 11.0. The Morgan fingerprint density at radius 2 is 1.95 bits per heavy atom. The standard InChI is InChI=1S/C14H13BrN2O3/c1-16-14-10(3-2-4-13(14)17(18)19)9-20-12-7-5-11(15)6-8-12/h2-8,16H,9H2,1H3. The third kappa shape index (κ3) is 3.27. The number of nitro benzene ring substituents is 1. The lowest BCUT2D eigenvalue weighted by Gasteiger charge is -2.11. The molecule has 0 aliphatic rings. The first-order valence-electron chi connectivity index (χ1n) is 5.94. The molecule has 0 atom stereocenters. The highest BCUT2D eigenvalue weighted by molar-refractivity contribution is 9.10. The van der Waals surface area contributed by atoms with Crippen molar-refractivity contribution in [1.29, 1.82) is 0 Å². The summed E-state index contributed by atoms with van der Waals surface area (Å²) < 4.78 is 6.61. The van der Waals surface area contributed by atoms with Crippen LogP contribution in [0.4, 0.5) is 11.4 Å². The van der Waals surface area contributed by atoms with Gasteiger partial charge in [0.05, 0.1) is 4.92 Å². The van der Waals surface area contributed by atoms with Gasteiger partial charge in [-0.1, -0.05) is 28.1 Å². The van der Waals surface area contributed by atoms with Gasteiger partial charge in [0.1, 0.15) is 18.0 Å². The van der Waals surface area contributed by atoms with Crippen LogP contribution in [0.3, 0.4) is 0 Å². The lowest BCUT2D eigenvalue weighted by atomic mass is 10.1. The van der Waals surface area contributed by atoms with Gasteiger partial charge in [-0.3, -0.25) is 10.1 Å². The van der Waals surface area contributed by atoms with Crippen molar-refractivity contribution >= 4 is 27.3 Å². The summed E-state index contributed by atoms with van der Waals surface area (Å²) in [5.74, 6) is 0.710. The predicted molar refractivity (Wildman–Crippen MR) is 81.1 cm³/mol. The van der Waals surface area contributed by atoms with Crippen LogP contribution in [0.2, 0.25) is 0 Å². The summed E-state index contributed by atoms with van der Waals surface area (Å²) in [5, 5.41) is 13.8. The minimum Gasteiger partial charge on any atom is -0.489 e. The summed E-state index contributed by atoms with van der Waals surface area (Å²) >= 11 is 3.35. The van der Waals surface area contributed by atoms with E-state index in [1.807, 2.05) is 24.3 Å². The topological polar surface area (TPSA) is 64.4 Å². The molecule has 20 heavy (non-hydrogen) atoms. The number of hydrogen-bond acceptors (Lipinski definition) is 4. The summed E-state index contributed by atoms with van der Waals surface area (Å²) in [6, 6.07) is 12.3. The zero-order valence-corrected chi connectivity index (χ0v) is 12.4. The number of nitrogens with one attached hydrogen (secondary N) is 1. The minimum atomic E-state index is -0.408. The second-order valence-electron chi connectivity index (χ2n) is 4.06. The second-order valence-corrected chi connectivity index (χ2v) is 4.98. The SMILES string of the molecule is CNc1c(COc2ccc(Br)cc2)cccc1[N+](=O)[O-]. The fourth-order valence-corrected chi connectivity index (χ4v) is 2.10. The highest BCUT2D eigenvalue weighted by atomic mass is 79.9. The van der Waals surface area contributed by atoms with Gasteiger partial charge in [0.25, 0.3) is 5.69 Å². The summed E-state index contributed by atoms with van der Waals surface area (Å²) in [5.41, 5.74) is 1.27. The van der Waals surface area contributed by atoms with Crippen molar-refractivity contribution in [3.63, 3.8) is 0 Å². The summed E-state index contributed by atoms with van der Waals surface area (Å²) in [6.45, 7) is 0.263. The Balaban J connectivity index is 2.19. The van der Waals surface area contributed by atoms with Gasteiger partial charge in [-0.05, 0) is 24.3 Å². The van der Waals surface area contributed by atoms with Crippen LogP contribution in [0.5, 0.6) is 5.75 Å². The monoisotopic (exact) mass is 336 g/mol. The molecule has 2 aromatic carbocycles. The van der Waals surface area contributed by atoms with Gasteiger partial charge in [0, 0.05) is 23.2 Å². The number of anilines is 1. The molecule has 0 amide bonds. The van der Waals surface area contributed by atoms with Gasteiger partial charge < -0.3 is 10.1 Å². The maximum atomic E-state index is 11.0. The van der Waals surface area contributed by atoms with Gasteiger partial charge in [-0.25, -0.2) is 0 Å². The van der Waals surface area contributed by atoms with Crippen LogP contribution in [-0.4, -0.2) is 12.0 Å². The first-order valence-corrected chi connectivity index (χ1v) is 6.73. The van der Waals surface area contributed by atoms with Gasteiger partial charge in [0.15, 0.2) is 0 Å². The van der Waals surface area contributed by atoms with Crippen molar-refractivity contribution in [2.45, 2.75) is 6.61 Å². The third-order valence-electron chi connectivity index (χ3n) is 2.78. The molecule has 5 nitrogen and oxygen atoms in total. The summed E-state index contributed by atoms with van der Waals surface area (Å²) in [4.78, 5) is 10.6. The van der Waals surface area contributed by atoms with Crippen LogP contribution >= 0.6 is 15.9 Å². The first-order chi connectivity index (χ1) is 9.61. The molecule has 104 valence electrons. The van der Waals surface area contributed by atoms with E-state index in [1.54, 1.807) is 19.2 Å². The van der Waals surface area contributed by atoms with Crippen LogP contribution < -0.4 is 10.1 Å². The molecule has 0 spiro atoms. The molecule has 2 rings (SSSR count). The number of nitrogens with zero attached hydrogens (tertiary/aromatic N) is 1. The average molecular weight is 337 g/mol. The number of halogens is 1. The van der Waals surface area contributed by atoms with Crippen molar-refractivity contribution in [3.8, 4) is 5.75 Å². The van der Waals surface area contributed by atoms with Crippen molar-refractivity contribution in [3.05, 3.63) is 62.6 Å². The number of para-hydroxylation sites is 1. The zero-order chi connectivity index (χ0) is 14.5. The molecule has 2 aromatic rings. The maximum Gasteiger partial charge on any atom is 0.292 e. The average Bonchev–Trinajstić information content (AvgIpc) is 2.46. The number of benzene rings is 2. The molecule has 6 heteroatoms. The van der Waals surface area contributed by atoms with E-state index in [9.17, 15) is 10.1 Å². The Morgan fingerprint density at radius 1 is 1.25 bits per heavy atom. The fourth-order valence-electron chi connectivity index (χ4n) is 1.84. The Kier molecular flexibility index (Phi) is 4.57. The van der Waals surface area contributed by atoms with Crippen molar-refractivity contribution < 1.29 is 9.66 Å². The lowest BCUT2D eigenvalue weighted by molar-refractivity contribution is -0.384. The Hall–Kier alpha value is -2.08. The fraction of sp³-hybridized carbons (Fsp3) is 0.143. The molecule has 1 N–H and O–H groups in total.